The van der Waals surface area contributed by atoms with Crippen LogP contribution in [0.2, 0.25) is 0 Å². The number of carboxylic acid groups (broad SMARTS) is 1. The van der Waals surface area contributed by atoms with Crippen molar-refractivity contribution >= 4 is 5.97 Å². The highest BCUT2D eigenvalue weighted by molar-refractivity contribution is 5.72. The summed E-state index contributed by atoms with van der Waals surface area (Å²) in [4.78, 5) is 9.81. The van der Waals surface area contributed by atoms with Crippen LogP contribution in [0.5, 0.6) is 0 Å². The number of halogens is 3. The van der Waals surface area contributed by atoms with Crippen LogP contribution in [0, 0.1) is 0 Å². The van der Waals surface area contributed by atoms with Crippen LogP contribution >= 0.6 is 0 Å². The molecule has 0 amide bonds. The average Bonchev–Trinajstić information content (AvgIpc) is 1.60. The van der Waals surface area contributed by atoms with Gasteiger partial charge in [-0.25, -0.2) is 5.32 Å². The molecule has 0 saturated heterocycles. The van der Waals surface area contributed by atoms with Crippen molar-refractivity contribution in [3.8, 4) is 0 Å². The largest absolute Gasteiger partial charge is 0.480 e. The Hall–Kier alpha value is -0.780. The van der Waals surface area contributed by atoms with Gasteiger partial charge in [0.05, 0.1) is 0 Å². The van der Waals surface area contributed by atoms with Gasteiger partial charge in [-0.15, -0.1) is 0 Å². The van der Waals surface area contributed by atoms with Crippen molar-refractivity contribution in [3.63, 3.8) is 0 Å². The molecular formula is C4H6F3NO2. The second-order valence-electron chi connectivity index (χ2n) is 1.70. The van der Waals surface area contributed by atoms with Gasteiger partial charge < -0.3 is 5.11 Å². The SMILES string of the molecule is CC(NC(F)(F)F)C(=O)O. The van der Waals surface area contributed by atoms with Crippen molar-refractivity contribution in [1.29, 1.82) is 0 Å². The molecule has 0 aliphatic carbocycles. The quantitative estimate of drug-likeness (QED) is 0.576. The molecule has 0 fully saturated rings. The first kappa shape index (κ1) is 9.22. The Balaban J connectivity index is 3.80. The normalized spacial score (nSPS) is 14.8. The Morgan fingerprint density at radius 1 is 1.60 bits per heavy atom. The third kappa shape index (κ3) is 4.13. The summed E-state index contributed by atoms with van der Waals surface area (Å²) in [5.41, 5.74) is 0. The third-order valence-electron chi connectivity index (χ3n) is 0.751. The lowest BCUT2D eigenvalue weighted by Gasteiger charge is -2.11. The molecular weight excluding hydrogens is 151 g/mol. The topological polar surface area (TPSA) is 49.3 Å². The second kappa shape index (κ2) is 2.87. The van der Waals surface area contributed by atoms with Gasteiger partial charge in [0, 0.05) is 0 Å². The Morgan fingerprint density at radius 3 is 2.10 bits per heavy atom. The zero-order valence-electron chi connectivity index (χ0n) is 5.07. The van der Waals surface area contributed by atoms with Crippen LogP contribution < -0.4 is 5.32 Å². The van der Waals surface area contributed by atoms with Gasteiger partial charge in [-0.2, -0.15) is 13.2 Å². The summed E-state index contributed by atoms with van der Waals surface area (Å²) in [6, 6.07) is -1.60. The molecule has 0 aliphatic rings. The van der Waals surface area contributed by atoms with Crippen LogP contribution in [0.4, 0.5) is 13.2 Å². The van der Waals surface area contributed by atoms with Gasteiger partial charge in [0.1, 0.15) is 6.04 Å². The molecule has 0 aliphatic heterocycles. The number of aliphatic carboxylic acids is 1. The summed E-state index contributed by atoms with van der Waals surface area (Å²) >= 11 is 0. The first-order chi connectivity index (χ1) is 4.33. The molecule has 0 aromatic rings. The molecule has 2 N–H and O–H groups in total. The molecule has 0 aromatic heterocycles. The number of nitrogens with one attached hydrogen (secondary N) is 1. The van der Waals surface area contributed by atoms with Crippen LogP contribution in [0.15, 0.2) is 0 Å². The number of hydrogen-bond acceptors (Lipinski definition) is 2. The molecule has 0 saturated carbocycles. The van der Waals surface area contributed by atoms with Gasteiger partial charge in [0.2, 0.25) is 0 Å². The van der Waals surface area contributed by atoms with E-state index in [-0.39, 0.29) is 0 Å². The Labute approximate surface area is 54.8 Å². The van der Waals surface area contributed by atoms with Crippen molar-refractivity contribution < 1.29 is 23.1 Å². The van der Waals surface area contributed by atoms with Gasteiger partial charge in [-0.1, -0.05) is 0 Å². The zero-order valence-corrected chi connectivity index (χ0v) is 5.07. The molecule has 10 heavy (non-hydrogen) atoms. The highest BCUT2D eigenvalue weighted by atomic mass is 19.4. The fourth-order valence-electron chi connectivity index (χ4n) is 0.307. The number of rotatable bonds is 2. The molecule has 0 aromatic carbocycles. The van der Waals surface area contributed by atoms with Crippen LogP contribution in [0.1, 0.15) is 6.92 Å². The van der Waals surface area contributed by atoms with E-state index >= 15 is 0 Å². The van der Waals surface area contributed by atoms with Crippen molar-refractivity contribution in [1.82, 2.24) is 5.32 Å². The van der Waals surface area contributed by atoms with Gasteiger partial charge in [-0.3, -0.25) is 4.79 Å². The minimum absolute atomic E-state index is 0.913. The van der Waals surface area contributed by atoms with E-state index in [1.54, 1.807) is 0 Å². The van der Waals surface area contributed by atoms with Crippen molar-refractivity contribution in [3.05, 3.63) is 0 Å². The van der Waals surface area contributed by atoms with E-state index in [2.05, 4.69) is 0 Å². The zero-order chi connectivity index (χ0) is 8.36. The first-order valence-corrected chi connectivity index (χ1v) is 2.40. The summed E-state index contributed by atoms with van der Waals surface area (Å²) in [5.74, 6) is -1.53. The van der Waals surface area contributed by atoms with Crippen molar-refractivity contribution in [2.24, 2.45) is 0 Å². The van der Waals surface area contributed by atoms with Crippen LogP contribution in [0.3, 0.4) is 0 Å². The fourth-order valence-corrected chi connectivity index (χ4v) is 0.307. The number of hydrogen-bond donors (Lipinski definition) is 2. The highest BCUT2D eigenvalue weighted by Gasteiger charge is 2.31. The minimum atomic E-state index is -4.63. The number of carboxylic acids is 1. The van der Waals surface area contributed by atoms with Crippen LogP contribution in [-0.2, 0) is 4.79 Å². The molecule has 60 valence electrons. The second-order valence-corrected chi connectivity index (χ2v) is 1.70. The lowest BCUT2D eigenvalue weighted by atomic mass is 10.3. The van der Waals surface area contributed by atoms with E-state index in [0.717, 1.165) is 12.2 Å². The highest BCUT2D eigenvalue weighted by Crippen LogP contribution is 2.10. The Morgan fingerprint density at radius 2 is 2.00 bits per heavy atom. The third-order valence-corrected chi connectivity index (χ3v) is 0.751. The average molecular weight is 157 g/mol. The predicted octanol–water partition coefficient (Wildman–Crippen LogP) is 0.569. The molecule has 0 radical (unpaired) electrons. The molecule has 0 spiro atoms. The van der Waals surface area contributed by atoms with Gasteiger partial charge >= 0.3 is 12.3 Å². The monoisotopic (exact) mass is 157 g/mol. The summed E-state index contributed by atoms with van der Waals surface area (Å²) < 4.78 is 33.9. The molecule has 3 nitrogen and oxygen atoms in total. The molecule has 0 heterocycles. The van der Waals surface area contributed by atoms with Crippen LogP contribution in [0.25, 0.3) is 0 Å². The van der Waals surface area contributed by atoms with Crippen molar-refractivity contribution in [2.75, 3.05) is 0 Å². The van der Waals surface area contributed by atoms with Gasteiger partial charge in [-0.05, 0) is 6.92 Å². The first-order valence-electron chi connectivity index (χ1n) is 2.40. The molecule has 0 rings (SSSR count). The lowest BCUT2D eigenvalue weighted by molar-refractivity contribution is -0.173. The summed E-state index contributed by atoms with van der Waals surface area (Å²) in [5, 5.41) is 8.90. The van der Waals surface area contributed by atoms with E-state index in [4.69, 9.17) is 5.11 Å². The molecule has 6 heteroatoms. The molecule has 1 atom stereocenters. The fraction of sp³-hybridized carbons (Fsp3) is 0.750. The number of carbonyl (C=O) groups is 1. The van der Waals surface area contributed by atoms with E-state index in [9.17, 15) is 18.0 Å². The Kier molecular flexibility index (Phi) is 2.65. The van der Waals surface area contributed by atoms with E-state index in [1.165, 1.54) is 0 Å². The maximum absolute atomic E-state index is 11.3. The van der Waals surface area contributed by atoms with Gasteiger partial charge in [0.15, 0.2) is 0 Å². The summed E-state index contributed by atoms with van der Waals surface area (Å²) in [6.45, 7) is 0.913. The van der Waals surface area contributed by atoms with Gasteiger partial charge in [0.25, 0.3) is 0 Å². The molecule has 1 unspecified atom stereocenters. The van der Waals surface area contributed by atoms with Crippen molar-refractivity contribution in [2.45, 2.75) is 19.3 Å². The molecule has 0 bridgehead atoms. The lowest BCUT2D eigenvalue weighted by Crippen LogP contribution is -2.43. The summed E-state index contributed by atoms with van der Waals surface area (Å²) in [7, 11) is 0. The Bertz CT molecular complexity index is 133. The van der Waals surface area contributed by atoms with E-state index in [1.807, 2.05) is 0 Å². The van der Waals surface area contributed by atoms with E-state index < -0.39 is 18.3 Å². The predicted molar refractivity (Wildman–Crippen MR) is 26.3 cm³/mol. The summed E-state index contributed by atoms with van der Waals surface area (Å²) in [6.07, 6.45) is -4.63. The van der Waals surface area contributed by atoms with E-state index in [0.29, 0.717) is 0 Å². The standard InChI is InChI=1S/C4H6F3NO2/c1-2(3(9)10)8-4(5,6)7/h2,8H,1H3,(H,9,10). The maximum atomic E-state index is 11.3. The minimum Gasteiger partial charge on any atom is -0.480 e. The smallest absolute Gasteiger partial charge is 0.457 e. The maximum Gasteiger partial charge on any atom is 0.457 e. The van der Waals surface area contributed by atoms with Crippen LogP contribution in [-0.4, -0.2) is 23.4 Å². The number of alkyl halides is 3.